The number of anilines is 1. The van der Waals surface area contributed by atoms with Crippen molar-refractivity contribution in [3.05, 3.63) is 29.8 Å². The van der Waals surface area contributed by atoms with E-state index in [-0.39, 0.29) is 29.5 Å². The van der Waals surface area contributed by atoms with E-state index in [1.165, 1.54) is 18.2 Å². The summed E-state index contributed by atoms with van der Waals surface area (Å²) in [6, 6.07) is 4.01. The molecule has 4 nitrogen and oxygen atoms in total. The lowest BCUT2D eigenvalue weighted by Crippen LogP contribution is -1.98. The zero-order valence-electron chi connectivity index (χ0n) is 9.04. The fourth-order valence-electron chi connectivity index (χ4n) is 1.41. The molecule has 0 aliphatic heterocycles. The second-order valence-electron chi connectivity index (χ2n) is 3.29. The average molecular weight is 240 g/mol. The standard InChI is InChI=1S/C11H10F2N2O2/c1-2-16-8-4-3-6(10(12)11(8)13)7-5-9(14)17-15-7/h3-5H,2,14H2,1H3. The Morgan fingerprint density at radius 2 is 2.12 bits per heavy atom. The minimum Gasteiger partial charge on any atom is -0.491 e. The molecule has 90 valence electrons. The van der Waals surface area contributed by atoms with E-state index in [1.54, 1.807) is 6.92 Å². The monoisotopic (exact) mass is 240 g/mol. The second-order valence-corrected chi connectivity index (χ2v) is 3.29. The smallest absolute Gasteiger partial charge is 0.222 e. The number of hydrogen-bond donors (Lipinski definition) is 1. The van der Waals surface area contributed by atoms with Crippen LogP contribution in [0.15, 0.2) is 22.7 Å². The van der Waals surface area contributed by atoms with Gasteiger partial charge in [-0.05, 0) is 19.1 Å². The summed E-state index contributed by atoms with van der Waals surface area (Å²) in [7, 11) is 0. The van der Waals surface area contributed by atoms with Crippen molar-refractivity contribution >= 4 is 5.88 Å². The molecule has 0 saturated heterocycles. The summed E-state index contributed by atoms with van der Waals surface area (Å²) in [6.45, 7) is 1.94. The van der Waals surface area contributed by atoms with Crippen LogP contribution in [0.25, 0.3) is 11.3 Å². The molecular formula is C11H10F2N2O2. The molecule has 1 aromatic heterocycles. The molecule has 1 aromatic carbocycles. The minimum absolute atomic E-state index is 0.0218. The highest BCUT2D eigenvalue weighted by Gasteiger charge is 2.17. The van der Waals surface area contributed by atoms with Crippen LogP contribution in [0.1, 0.15) is 6.92 Å². The number of nitrogens with zero attached hydrogens (tertiary/aromatic N) is 1. The normalized spacial score (nSPS) is 10.5. The molecule has 6 heteroatoms. The highest BCUT2D eigenvalue weighted by molar-refractivity contribution is 5.63. The summed E-state index contributed by atoms with van der Waals surface area (Å²) in [6.07, 6.45) is 0. The third-order valence-corrected chi connectivity index (χ3v) is 2.15. The van der Waals surface area contributed by atoms with Gasteiger partial charge in [-0.3, -0.25) is 0 Å². The molecule has 2 rings (SSSR count). The third kappa shape index (κ3) is 2.06. The van der Waals surface area contributed by atoms with Crippen LogP contribution in [0.4, 0.5) is 14.7 Å². The van der Waals surface area contributed by atoms with E-state index in [0.717, 1.165) is 0 Å². The third-order valence-electron chi connectivity index (χ3n) is 2.15. The molecule has 0 fully saturated rings. The molecule has 0 aliphatic carbocycles. The first kappa shape index (κ1) is 11.4. The molecular weight excluding hydrogens is 230 g/mol. The summed E-state index contributed by atoms with van der Waals surface area (Å²) >= 11 is 0. The van der Waals surface area contributed by atoms with Gasteiger partial charge in [0.2, 0.25) is 11.7 Å². The zero-order chi connectivity index (χ0) is 12.4. The molecule has 0 unspecified atom stereocenters. The highest BCUT2D eigenvalue weighted by Crippen LogP contribution is 2.29. The van der Waals surface area contributed by atoms with Gasteiger partial charge >= 0.3 is 0 Å². The summed E-state index contributed by atoms with van der Waals surface area (Å²) in [5, 5.41) is 3.52. The van der Waals surface area contributed by atoms with E-state index in [1.807, 2.05) is 0 Å². The van der Waals surface area contributed by atoms with Crippen LogP contribution in [0.2, 0.25) is 0 Å². The summed E-state index contributed by atoms with van der Waals surface area (Å²) in [5.74, 6) is -2.19. The Morgan fingerprint density at radius 1 is 1.35 bits per heavy atom. The van der Waals surface area contributed by atoms with E-state index in [4.69, 9.17) is 10.5 Å². The van der Waals surface area contributed by atoms with Crippen LogP contribution in [-0.2, 0) is 0 Å². The largest absolute Gasteiger partial charge is 0.491 e. The fourth-order valence-corrected chi connectivity index (χ4v) is 1.41. The van der Waals surface area contributed by atoms with Crippen molar-refractivity contribution in [3.63, 3.8) is 0 Å². The lowest BCUT2D eigenvalue weighted by Gasteiger charge is -2.06. The van der Waals surface area contributed by atoms with E-state index < -0.39 is 11.6 Å². The predicted octanol–water partition coefficient (Wildman–Crippen LogP) is 2.60. The first-order valence-electron chi connectivity index (χ1n) is 4.96. The first-order chi connectivity index (χ1) is 8.13. The molecule has 17 heavy (non-hydrogen) atoms. The van der Waals surface area contributed by atoms with Gasteiger partial charge in [0.25, 0.3) is 0 Å². The fraction of sp³-hybridized carbons (Fsp3) is 0.182. The van der Waals surface area contributed by atoms with Crippen molar-refractivity contribution in [3.8, 4) is 17.0 Å². The molecule has 2 N–H and O–H groups in total. The molecule has 0 atom stereocenters. The van der Waals surface area contributed by atoms with Crippen LogP contribution >= 0.6 is 0 Å². The number of aromatic nitrogens is 1. The number of hydrogen-bond acceptors (Lipinski definition) is 4. The quantitative estimate of drug-likeness (QED) is 0.895. The SMILES string of the molecule is CCOc1ccc(-c2cc(N)on2)c(F)c1F. The summed E-state index contributed by atoms with van der Waals surface area (Å²) in [4.78, 5) is 0. The Hall–Kier alpha value is -2.11. The Balaban J connectivity index is 2.47. The van der Waals surface area contributed by atoms with Gasteiger partial charge in [-0.25, -0.2) is 4.39 Å². The Labute approximate surface area is 96.0 Å². The lowest BCUT2D eigenvalue weighted by atomic mass is 10.1. The van der Waals surface area contributed by atoms with Gasteiger partial charge in [-0.1, -0.05) is 5.16 Å². The molecule has 0 aliphatic rings. The van der Waals surface area contributed by atoms with E-state index in [0.29, 0.717) is 0 Å². The van der Waals surface area contributed by atoms with E-state index in [9.17, 15) is 8.78 Å². The van der Waals surface area contributed by atoms with Crippen LogP contribution in [-0.4, -0.2) is 11.8 Å². The predicted molar refractivity (Wildman–Crippen MR) is 57.4 cm³/mol. The van der Waals surface area contributed by atoms with Gasteiger partial charge in [-0.15, -0.1) is 0 Å². The van der Waals surface area contributed by atoms with Crippen LogP contribution in [0.5, 0.6) is 5.75 Å². The molecule has 0 amide bonds. The zero-order valence-corrected chi connectivity index (χ0v) is 9.04. The number of ether oxygens (including phenoxy) is 1. The van der Waals surface area contributed by atoms with Gasteiger partial charge in [0, 0.05) is 11.6 Å². The number of benzene rings is 1. The molecule has 0 spiro atoms. The summed E-state index contributed by atoms with van der Waals surface area (Å²) in [5.41, 5.74) is 5.43. The number of nitrogen functional groups attached to an aromatic ring is 1. The molecule has 0 saturated carbocycles. The van der Waals surface area contributed by atoms with E-state index in [2.05, 4.69) is 9.68 Å². The molecule has 0 bridgehead atoms. The molecule has 0 radical (unpaired) electrons. The number of halogens is 2. The topological polar surface area (TPSA) is 61.3 Å². The Bertz CT molecular complexity index is 540. The van der Waals surface area contributed by atoms with Crippen LogP contribution in [0, 0.1) is 11.6 Å². The average Bonchev–Trinajstić information content (AvgIpc) is 2.72. The van der Waals surface area contributed by atoms with Crippen molar-refractivity contribution in [2.45, 2.75) is 6.92 Å². The number of nitrogens with two attached hydrogens (primary N) is 1. The van der Waals surface area contributed by atoms with Crippen molar-refractivity contribution in [1.82, 2.24) is 5.16 Å². The maximum Gasteiger partial charge on any atom is 0.222 e. The minimum atomic E-state index is -1.05. The van der Waals surface area contributed by atoms with E-state index >= 15 is 0 Å². The highest BCUT2D eigenvalue weighted by atomic mass is 19.2. The molecule has 2 aromatic rings. The summed E-state index contributed by atoms with van der Waals surface area (Å²) < 4.78 is 36.8. The van der Waals surface area contributed by atoms with Crippen molar-refractivity contribution in [2.24, 2.45) is 0 Å². The van der Waals surface area contributed by atoms with Gasteiger partial charge < -0.3 is 15.0 Å². The second kappa shape index (κ2) is 4.40. The van der Waals surface area contributed by atoms with Gasteiger partial charge in [0.15, 0.2) is 11.6 Å². The van der Waals surface area contributed by atoms with Gasteiger partial charge in [-0.2, -0.15) is 4.39 Å². The van der Waals surface area contributed by atoms with Crippen molar-refractivity contribution < 1.29 is 18.0 Å². The first-order valence-corrected chi connectivity index (χ1v) is 4.96. The molecule has 1 heterocycles. The van der Waals surface area contributed by atoms with Crippen LogP contribution < -0.4 is 10.5 Å². The van der Waals surface area contributed by atoms with Crippen molar-refractivity contribution in [1.29, 1.82) is 0 Å². The Kier molecular flexibility index (Phi) is 2.95. The number of rotatable bonds is 3. The lowest BCUT2D eigenvalue weighted by molar-refractivity contribution is 0.314. The van der Waals surface area contributed by atoms with Crippen LogP contribution in [0.3, 0.4) is 0 Å². The van der Waals surface area contributed by atoms with Crippen molar-refractivity contribution in [2.75, 3.05) is 12.3 Å². The maximum atomic E-state index is 13.7. The van der Waals surface area contributed by atoms with Gasteiger partial charge in [0.05, 0.1) is 6.61 Å². The maximum absolute atomic E-state index is 13.7. The van der Waals surface area contributed by atoms with Gasteiger partial charge in [0.1, 0.15) is 5.69 Å². The Morgan fingerprint density at radius 3 is 2.71 bits per heavy atom.